The molecule has 140 valence electrons. The van der Waals surface area contributed by atoms with Gasteiger partial charge in [-0.1, -0.05) is 39.7 Å². The van der Waals surface area contributed by atoms with E-state index in [0.717, 1.165) is 32.1 Å². The molecule has 1 amide bonds. The van der Waals surface area contributed by atoms with Gasteiger partial charge in [-0.3, -0.25) is 4.79 Å². The van der Waals surface area contributed by atoms with Crippen molar-refractivity contribution in [2.24, 2.45) is 28.6 Å². The van der Waals surface area contributed by atoms with Crippen LogP contribution in [-0.4, -0.2) is 22.7 Å². The van der Waals surface area contributed by atoms with Gasteiger partial charge in [-0.05, 0) is 74.2 Å². The summed E-state index contributed by atoms with van der Waals surface area (Å²) in [5, 5.41) is 14.8. The van der Waals surface area contributed by atoms with E-state index in [-0.39, 0.29) is 16.7 Å². The molecule has 3 aliphatic carbocycles. The van der Waals surface area contributed by atoms with Gasteiger partial charge in [-0.15, -0.1) is 0 Å². The van der Waals surface area contributed by atoms with Crippen LogP contribution in [0.2, 0.25) is 0 Å². The lowest BCUT2D eigenvalue weighted by molar-refractivity contribution is -0.139. The predicted molar refractivity (Wildman–Crippen MR) is 99.9 cm³/mol. The Morgan fingerprint density at radius 2 is 1.92 bits per heavy atom. The monoisotopic (exact) mass is 345 g/mol. The van der Waals surface area contributed by atoms with Crippen molar-refractivity contribution in [3.05, 3.63) is 12.2 Å². The molecular formula is C22H35NO2. The van der Waals surface area contributed by atoms with Gasteiger partial charge in [0.05, 0.1) is 5.60 Å². The lowest BCUT2D eigenvalue weighted by Crippen LogP contribution is -2.60. The zero-order chi connectivity index (χ0) is 17.9. The highest BCUT2D eigenvalue weighted by Crippen LogP contribution is 2.66. The van der Waals surface area contributed by atoms with Crippen molar-refractivity contribution in [2.45, 2.75) is 90.2 Å². The van der Waals surface area contributed by atoms with Gasteiger partial charge in [0, 0.05) is 11.5 Å². The van der Waals surface area contributed by atoms with Gasteiger partial charge >= 0.3 is 0 Å². The molecule has 0 spiro atoms. The first kappa shape index (κ1) is 17.6. The lowest BCUT2D eigenvalue weighted by atomic mass is 9.47. The normalized spacial score (nSPS) is 51.4. The molecule has 2 unspecified atom stereocenters. The van der Waals surface area contributed by atoms with E-state index < -0.39 is 5.60 Å². The first-order chi connectivity index (χ1) is 11.8. The van der Waals surface area contributed by atoms with Gasteiger partial charge < -0.3 is 10.4 Å². The number of rotatable bonds is 3. The summed E-state index contributed by atoms with van der Waals surface area (Å²) in [4.78, 5) is 11.8. The number of carbonyl (C=O) groups is 1. The third kappa shape index (κ3) is 2.37. The number of fused-ring (bicyclic) bond motifs is 5. The third-order valence-electron chi connectivity index (χ3n) is 8.95. The molecule has 25 heavy (non-hydrogen) atoms. The van der Waals surface area contributed by atoms with Gasteiger partial charge in [0.25, 0.3) is 0 Å². The molecule has 7 atom stereocenters. The van der Waals surface area contributed by atoms with E-state index in [1.165, 1.54) is 25.7 Å². The van der Waals surface area contributed by atoms with Crippen molar-refractivity contribution in [1.82, 2.24) is 5.32 Å². The largest absolute Gasteiger partial charge is 0.389 e. The van der Waals surface area contributed by atoms with E-state index in [1.807, 2.05) is 0 Å². The van der Waals surface area contributed by atoms with Gasteiger partial charge in [-0.25, -0.2) is 0 Å². The molecule has 1 aliphatic heterocycles. The van der Waals surface area contributed by atoms with Crippen LogP contribution in [-0.2, 0) is 4.79 Å². The standard InChI is InChI=1S/C22H35NO2/c1-4-5-11-22(25)14-9-17-15-6-7-18-20(2,12-10-19(24)23-18)16(15)8-13-21(17,22)3/h10,12,15-18,25H,4-9,11,13-14H2,1-3H3,(H,23,24)/t15-,16-,17+,18?,20-,21+,22?/m1/s1. The number of unbranched alkanes of at least 4 members (excludes halogenated alkanes) is 1. The minimum absolute atomic E-state index is 0.0800. The van der Waals surface area contributed by atoms with E-state index >= 15 is 0 Å². The Morgan fingerprint density at radius 1 is 1.16 bits per heavy atom. The number of aliphatic hydroxyl groups is 1. The van der Waals surface area contributed by atoms with Crippen LogP contribution in [0, 0.1) is 28.6 Å². The Bertz CT molecular complexity index is 587. The van der Waals surface area contributed by atoms with Crippen LogP contribution >= 0.6 is 0 Å². The highest BCUT2D eigenvalue weighted by Gasteiger charge is 2.63. The van der Waals surface area contributed by atoms with Crippen molar-refractivity contribution in [3.8, 4) is 0 Å². The molecule has 2 N–H and O–H groups in total. The summed E-state index contributed by atoms with van der Waals surface area (Å²) < 4.78 is 0. The van der Waals surface area contributed by atoms with Gasteiger partial charge in [0.2, 0.25) is 5.91 Å². The second-order valence-corrected chi connectivity index (χ2v) is 9.84. The summed E-state index contributed by atoms with van der Waals surface area (Å²) in [7, 11) is 0. The van der Waals surface area contributed by atoms with E-state index in [9.17, 15) is 9.90 Å². The van der Waals surface area contributed by atoms with E-state index in [4.69, 9.17) is 0 Å². The summed E-state index contributed by atoms with van der Waals surface area (Å²) in [5.41, 5.74) is -0.260. The van der Waals surface area contributed by atoms with Crippen molar-refractivity contribution in [2.75, 3.05) is 0 Å². The molecule has 3 fully saturated rings. The summed E-state index contributed by atoms with van der Waals surface area (Å²) in [6, 6.07) is 0.302. The Labute approximate surface area is 152 Å². The van der Waals surface area contributed by atoms with Crippen LogP contribution in [0.1, 0.15) is 78.6 Å². The van der Waals surface area contributed by atoms with Crippen LogP contribution in [0.3, 0.4) is 0 Å². The molecule has 1 heterocycles. The van der Waals surface area contributed by atoms with Crippen LogP contribution in [0.5, 0.6) is 0 Å². The molecule has 0 bridgehead atoms. The predicted octanol–water partition coefficient (Wildman–Crippen LogP) is 4.20. The third-order valence-corrected chi connectivity index (χ3v) is 8.95. The molecule has 0 aromatic rings. The van der Waals surface area contributed by atoms with Crippen molar-refractivity contribution < 1.29 is 9.90 Å². The van der Waals surface area contributed by atoms with Crippen LogP contribution in [0.4, 0.5) is 0 Å². The van der Waals surface area contributed by atoms with Crippen LogP contribution in [0.15, 0.2) is 12.2 Å². The minimum atomic E-state index is -0.451. The summed E-state index contributed by atoms with van der Waals surface area (Å²) in [5.74, 6) is 2.08. The summed E-state index contributed by atoms with van der Waals surface area (Å²) >= 11 is 0. The Hall–Kier alpha value is -0.830. The maximum Gasteiger partial charge on any atom is 0.243 e. The van der Waals surface area contributed by atoms with E-state index in [2.05, 4.69) is 32.2 Å². The molecule has 3 saturated carbocycles. The Balaban J connectivity index is 1.62. The SMILES string of the molecule is CCCCC1(O)CC[C@H]2[C@@H]3CCC4NC(=O)C=C[C@]4(C)[C@@H]3CC[C@@]21C. The lowest BCUT2D eigenvalue weighted by Gasteiger charge is -2.59. The van der Waals surface area contributed by atoms with E-state index in [0.29, 0.717) is 23.8 Å². The molecule has 4 aliphatic rings. The number of nitrogens with one attached hydrogen (secondary N) is 1. The topological polar surface area (TPSA) is 49.3 Å². The maximum atomic E-state index is 11.8. The maximum absolute atomic E-state index is 11.8. The second kappa shape index (κ2) is 5.84. The molecule has 0 saturated heterocycles. The Kier molecular flexibility index (Phi) is 4.10. The van der Waals surface area contributed by atoms with Crippen molar-refractivity contribution >= 4 is 5.91 Å². The quantitative estimate of drug-likeness (QED) is 0.805. The fourth-order valence-corrected chi connectivity index (χ4v) is 7.32. The van der Waals surface area contributed by atoms with Crippen molar-refractivity contribution in [3.63, 3.8) is 0 Å². The Morgan fingerprint density at radius 3 is 2.68 bits per heavy atom. The number of hydrogen-bond acceptors (Lipinski definition) is 2. The van der Waals surface area contributed by atoms with Crippen LogP contribution in [0.25, 0.3) is 0 Å². The summed E-state index contributed by atoms with van der Waals surface area (Å²) in [6.45, 7) is 6.98. The molecule has 0 aromatic carbocycles. The molecule has 4 rings (SSSR count). The first-order valence-corrected chi connectivity index (χ1v) is 10.6. The highest BCUT2D eigenvalue weighted by molar-refractivity contribution is 5.89. The van der Waals surface area contributed by atoms with Crippen molar-refractivity contribution in [1.29, 1.82) is 0 Å². The number of hydrogen-bond donors (Lipinski definition) is 2. The summed E-state index contributed by atoms with van der Waals surface area (Å²) in [6.07, 6.45) is 14.1. The van der Waals surface area contributed by atoms with Gasteiger partial charge in [-0.2, -0.15) is 0 Å². The smallest absolute Gasteiger partial charge is 0.243 e. The van der Waals surface area contributed by atoms with Gasteiger partial charge in [0.1, 0.15) is 0 Å². The molecule has 3 heteroatoms. The first-order valence-electron chi connectivity index (χ1n) is 10.6. The fourth-order valence-electron chi connectivity index (χ4n) is 7.32. The van der Waals surface area contributed by atoms with Crippen LogP contribution < -0.4 is 5.32 Å². The second-order valence-electron chi connectivity index (χ2n) is 9.84. The zero-order valence-corrected chi connectivity index (χ0v) is 16.2. The number of amides is 1. The average Bonchev–Trinajstić information content (AvgIpc) is 2.85. The number of carbonyl (C=O) groups excluding carboxylic acids is 1. The average molecular weight is 346 g/mol. The zero-order valence-electron chi connectivity index (χ0n) is 16.2. The molecule has 0 aromatic heterocycles. The van der Waals surface area contributed by atoms with Gasteiger partial charge in [0.15, 0.2) is 0 Å². The minimum Gasteiger partial charge on any atom is -0.389 e. The fraction of sp³-hybridized carbons (Fsp3) is 0.864. The highest BCUT2D eigenvalue weighted by atomic mass is 16.3. The van der Waals surface area contributed by atoms with E-state index in [1.54, 1.807) is 6.08 Å². The molecular weight excluding hydrogens is 310 g/mol. The molecule has 0 radical (unpaired) electrons. The molecule has 3 nitrogen and oxygen atoms in total.